The molecule has 8 heteroatoms. The number of amides is 3. The minimum Gasteiger partial charge on any atom is -0.357 e. The number of rotatable bonds is 6. The predicted molar refractivity (Wildman–Crippen MR) is 128 cm³/mol. The third kappa shape index (κ3) is 6.01. The Kier molecular flexibility index (Phi) is 7.72. The van der Waals surface area contributed by atoms with Crippen LogP contribution in [0, 0.1) is 17.3 Å². The smallest absolute Gasteiger partial charge is 0.275 e. The molecule has 1 unspecified atom stereocenters. The van der Waals surface area contributed by atoms with Crippen LogP contribution in [0.5, 0.6) is 0 Å². The number of hydrogen-bond acceptors (Lipinski definition) is 5. The predicted octanol–water partition coefficient (Wildman–Crippen LogP) is 1.62. The second-order valence-electron chi connectivity index (χ2n) is 9.24. The van der Waals surface area contributed by atoms with Crippen LogP contribution in [0.2, 0.25) is 0 Å². The van der Waals surface area contributed by atoms with Gasteiger partial charge >= 0.3 is 0 Å². The molecule has 2 aromatic carbocycles. The first kappa shape index (κ1) is 25.0. The molecule has 1 atom stereocenters. The average molecular weight is 463 g/mol. The molecule has 1 aliphatic heterocycles. The van der Waals surface area contributed by atoms with Gasteiger partial charge in [0.2, 0.25) is 0 Å². The van der Waals surface area contributed by atoms with Gasteiger partial charge in [0.05, 0.1) is 0 Å². The molecule has 3 amide bonds. The molecule has 34 heavy (non-hydrogen) atoms. The third-order valence-electron chi connectivity index (χ3n) is 5.71. The van der Waals surface area contributed by atoms with E-state index in [0.29, 0.717) is 5.41 Å². The van der Waals surface area contributed by atoms with Gasteiger partial charge in [0.25, 0.3) is 17.7 Å². The van der Waals surface area contributed by atoms with E-state index >= 15 is 0 Å². The molecule has 0 bridgehead atoms. The van der Waals surface area contributed by atoms with Gasteiger partial charge in [-0.05, 0) is 47.4 Å². The second-order valence-corrected chi connectivity index (χ2v) is 9.24. The van der Waals surface area contributed by atoms with Crippen molar-refractivity contribution >= 4 is 17.7 Å². The maximum Gasteiger partial charge on any atom is 0.275 e. The van der Waals surface area contributed by atoms with E-state index in [0.717, 1.165) is 35.7 Å². The quantitative estimate of drug-likeness (QED) is 0.262. The van der Waals surface area contributed by atoms with Crippen molar-refractivity contribution in [2.45, 2.75) is 26.4 Å². The van der Waals surface area contributed by atoms with Gasteiger partial charge in [-0.3, -0.25) is 24.5 Å². The standard InChI is InChI=1S/C26H30N4O4/c1-26(2)16-30(17-26)15-20-9-7-18(8-10-20)5-6-19-11-13-21(14-12-19)25(33)29(4)22(23(31)27-3)24(32)28-34/h7-14,22,34H,15-17H2,1-4H3,(H,27,31)(H,28,32). The van der Waals surface area contributed by atoms with Gasteiger partial charge in [0, 0.05) is 50.4 Å². The van der Waals surface area contributed by atoms with Crippen LogP contribution in [0.25, 0.3) is 0 Å². The summed E-state index contributed by atoms with van der Waals surface area (Å²) in [6.07, 6.45) is 0. The first-order valence-corrected chi connectivity index (χ1v) is 11.0. The fourth-order valence-electron chi connectivity index (χ4n) is 4.06. The van der Waals surface area contributed by atoms with E-state index in [-0.39, 0.29) is 5.56 Å². The summed E-state index contributed by atoms with van der Waals surface area (Å²) < 4.78 is 0. The molecular weight excluding hydrogens is 432 g/mol. The minimum absolute atomic E-state index is 0.284. The van der Waals surface area contributed by atoms with Crippen LogP contribution in [0.3, 0.4) is 0 Å². The monoisotopic (exact) mass is 462 g/mol. The van der Waals surface area contributed by atoms with Crippen molar-refractivity contribution in [2.75, 3.05) is 27.2 Å². The van der Waals surface area contributed by atoms with Crippen molar-refractivity contribution in [3.8, 4) is 11.8 Å². The molecule has 178 valence electrons. The Labute approximate surface area is 199 Å². The first-order valence-electron chi connectivity index (χ1n) is 11.0. The van der Waals surface area contributed by atoms with Crippen LogP contribution in [-0.4, -0.2) is 66.0 Å². The number of carbonyl (C=O) groups excluding carboxylic acids is 3. The summed E-state index contributed by atoms with van der Waals surface area (Å²) in [5.41, 5.74) is 5.00. The van der Waals surface area contributed by atoms with Gasteiger partial charge in [-0.1, -0.05) is 37.8 Å². The summed E-state index contributed by atoms with van der Waals surface area (Å²) in [5.74, 6) is 3.94. The van der Waals surface area contributed by atoms with E-state index < -0.39 is 23.8 Å². The van der Waals surface area contributed by atoms with Crippen LogP contribution in [0.15, 0.2) is 48.5 Å². The molecule has 1 saturated heterocycles. The molecule has 1 aliphatic rings. The number of likely N-dealkylation sites (N-methyl/N-ethyl adjacent to an activating group) is 2. The summed E-state index contributed by atoms with van der Waals surface area (Å²) in [6.45, 7) is 7.73. The highest BCUT2D eigenvalue weighted by Gasteiger charge is 2.34. The van der Waals surface area contributed by atoms with E-state index in [2.05, 4.69) is 48.0 Å². The Balaban J connectivity index is 1.63. The lowest BCUT2D eigenvalue weighted by Gasteiger charge is -2.46. The van der Waals surface area contributed by atoms with Gasteiger partial charge in [0.15, 0.2) is 6.04 Å². The third-order valence-corrected chi connectivity index (χ3v) is 5.71. The fraction of sp³-hybridized carbons (Fsp3) is 0.346. The number of hydroxylamine groups is 1. The van der Waals surface area contributed by atoms with Crippen molar-refractivity contribution in [1.82, 2.24) is 20.6 Å². The van der Waals surface area contributed by atoms with Crippen molar-refractivity contribution < 1.29 is 19.6 Å². The van der Waals surface area contributed by atoms with Crippen molar-refractivity contribution in [3.05, 3.63) is 70.8 Å². The molecule has 3 rings (SSSR count). The van der Waals surface area contributed by atoms with Gasteiger partial charge in [-0.15, -0.1) is 0 Å². The molecule has 2 aromatic rings. The van der Waals surface area contributed by atoms with Crippen LogP contribution < -0.4 is 10.8 Å². The second kappa shape index (κ2) is 10.5. The number of nitrogens with one attached hydrogen (secondary N) is 2. The molecule has 0 radical (unpaired) electrons. The normalized spacial score (nSPS) is 15.2. The number of likely N-dealkylation sites (tertiary alicyclic amines) is 1. The van der Waals surface area contributed by atoms with Gasteiger partial charge in [0.1, 0.15) is 0 Å². The van der Waals surface area contributed by atoms with Gasteiger partial charge in [-0.25, -0.2) is 5.48 Å². The van der Waals surface area contributed by atoms with Crippen molar-refractivity contribution in [2.24, 2.45) is 5.41 Å². The van der Waals surface area contributed by atoms with Crippen molar-refractivity contribution in [1.29, 1.82) is 0 Å². The number of carbonyl (C=O) groups is 3. The minimum atomic E-state index is -1.50. The Morgan fingerprint density at radius 2 is 1.53 bits per heavy atom. The van der Waals surface area contributed by atoms with Gasteiger partial charge in [-0.2, -0.15) is 0 Å². The zero-order valence-corrected chi connectivity index (χ0v) is 19.9. The lowest BCUT2D eigenvalue weighted by atomic mass is 9.84. The summed E-state index contributed by atoms with van der Waals surface area (Å²) >= 11 is 0. The lowest BCUT2D eigenvalue weighted by molar-refractivity contribution is -0.140. The highest BCUT2D eigenvalue weighted by atomic mass is 16.5. The Bertz CT molecular complexity index is 1090. The van der Waals surface area contributed by atoms with E-state index in [1.54, 1.807) is 24.3 Å². The highest BCUT2D eigenvalue weighted by Crippen LogP contribution is 2.29. The van der Waals surface area contributed by atoms with E-state index in [4.69, 9.17) is 5.21 Å². The molecular formula is C26H30N4O4. The van der Waals surface area contributed by atoms with E-state index in [1.165, 1.54) is 25.1 Å². The lowest BCUT2D eigenvalue weighted by Crippen LogP contribution is -2.54. The van der Waals surface area contributed by atoms with Crippen LogP contribution in [0.1, 0.15) is 40.9 Å². The van der Waals surface area contributed by atoms with Gasteiger partial charge < -0.3 is 10.2 Å². The molecule has 8 nitrogen and oxygen atoms in total. The maximum absolute atomic E-state index is 12.7. The Morgan fingerprint density at radius 1 is 1.00 bits per heavy atom. The topological polar surface area (TPSA) is 102 Å². The van der Waals surface area contributed by atoms with E-state index in [1.807, 2.05) is 12.1 Å². The summed E-state index contributed by atoms with van der Waals surface area (Å²) in [5, 5.41) is 11.2. The Morgan fingerprint density at radius 3 is 2.00 bits per heavy atom. The zero-order chi connectivity index (χ0) is 24.9. The average Bonchev–Trinajstić information content (AvgIpc) is 2.82. The maximum atomic E-state index is 12.7. The van der Waals surface area contributed by atoms with E-state index in [9.17, 15) is 14.4 Å². The molecule has 0 saturated carbocycles. The molecule has 1 fully saturated rings. The molecule has 3 N–H and O–H groups in total. The molecule has 0 aromatic heterocycles. The zero-order valence-electron chi connectivity index (χ0n) is 19.9. The first-order chi connectivity index (χ1) is 16.1. The number of nitrogens with zero attached hydrogens (tertiary/aromatic N) is 2. The summed E-state index contributed by atoms with van der Waals surface area (Å²) in [6, 6.07) is 13.3. The largest absolute Gasteiger partial charge is 0.357 e. The summed E-state index contributed by atoms with van der Waals surface area (Å²) in [7, 11) is 2.66. The Hall–Kier alpha value is -3.67. The molecule has 0 aliphatic carbocycles. The fourth-order valence-corrected chi connectivity index (χ4v) is 4.06. The van der Waals surface area contributed by atoms with Crippen LogP contribution in [0.4, 0.5) is 0 Å². The van der Waals surface area contributed by atoms with Crippen LogP contribution >= 0.6 is 0 Å². The van der Waals surface area contributed by atoms with Crippen molar-refractivity contribution in [3.63, 3.8) is 0 Å². The molecule has 1 heterocycles. The molecule has 0 spiro atoms. The number of hydrogen-bond donors (Lipinski definition) is 3. The highest BCUT2D eigenvalue weighted by molar-refractivity contribution is 6.08. The summed E-state index contributed by atoms with van der Waals surface area (Å²) in [4.78, 5) is 40.0. The van der Waals surface area contributed by atoms with Crippen LogP contribution in [-0.2, 0) is 16.1 Å². The SMILES string of the molecule is CNC(=O)C(C(=O)NO)N(C)C(=O)c1ccc(C#Cc2ccc(CN3CC(C)(C)C3)cc2)cc1. The number of benzene rings is 2.